The van der Waals surface area contributed by atoms with E-state index in [1.54, 1.807) is 119 Å². The van der Waals surface area contributed by atoms with Crippen molar-refractivity contribution in [3.63, 3.8) is 0 Å². The summed E-state index contributed by atoms with van der Waals surface area (Å²) in [4.78, 5) is 35.9. The van der Waals surface area contributed by atoms with Crippen LogP contribution in [0.4, 0.5) is 14.4 Å². The third-order valence-corrected chi connectivity index (χ3v) is 8.65. The number of nitrogens with one attached hydrogen (secondary N) is 1. The number of rotatable bonds is 10. The van der Waals surface area contributed by atoms with E-state index in [0.717, 1.165) is 5.56 Å². The van der Waals surface area contributed by atoms with E-state index in [4.69, 9.17) is 60.6 Å². The van der Waals surface area contributed by atoms with Crippen LogP contribution in [-0.2, 0) is 30.0 Å². The summed E-state index contributed by atoms with van der Waals surface area (Å²) < 4.78 is 19.2. The fourth-order valence-corrected chi connectivity index (χ4v) is 5.09. The minimum absolute atomic E-state index is 0. The van der Waals surface area contributed by atoms with Gasteiger partial charge in [0.05, 0.1) is 44.4 Å². The number of carbonyl (C=O) groups is 3. The first-order valence-corrected chi connectivity index (χ1v) is 18.3. The second-order valence-corrected chi connectivity index (χ2v) is 16.6. The van der Waals surface area contributed by atoms with Crippen molar-refractivity contribution < 1.29 is 43.5 Å². The highest BCUT2D eigenvalue weighted by Gasteiger charge is 2.40. The Balaban J connectivity index is -0.000000762. The monoisotopic (exact) mass is 904 g/mol. The van der Waals surface area contributed by atoms with Gasteiger partial charge in [0, 0.05) is 7.05 Å². The van der Waals surface area contributed by atoms with Gasteiger partial charge in [-0.2, -0.15) is 27.0 Å². The number of aliphatic hydroxyl groups is 2. The lowest BCUT2D eigenvalue weighted by atomic mass is 9.86. The molecule has 0 saturated heterocycles. The van der Waals surface area contributed by atoms with Crippen molar-refractivity contribution >= 4 is 91.8 Å². The van der Waals surface area contributed by atoms with Gasteiger partial charge in [-0.3, -0.25) is 4.90 Å². The van der Waals surface area contributed by atoms with E-state index in [1.165, 1.54) is 4.90 Å². The number of aliphatic hydroxyl groups excluding tert-OH is 2. The largest absolute Gasteiger partial charge is 0.519 e. The molecule has 2 aromatic rings. The topological polar surface area (TPSA) is 144 Å². The lowest BCUT2D eigenvalue weighted by Gasteiger charge is -2.41. The molecule has 17 heteroatoms. The van der Waals surface area contributed by atoms with Gasteiger partial charge in [-0.25, -0.2) is 14.4 Å². The minimum Gasteiger partial charge on any atom is -0.444 e. The van der Waals surface area contributed by atoms with Gasteiger partial charge in [-0.15, -0.1) is 13.2 Å². The number of likely N-dealkylation sites (N-methyl/N-ethyl adjacent to an activating group) is 2. The highest BCUT2D eigenvalue weighted by Crippen LogP contribution is 2.36. The Morgan fingerprint density at radius 3 is 1.39 bits per heavy atom. The van der Waals surface area contributed by atoms with Crippen molar-refractivity contribution in [3.8, 4) is 0 Å². The zero-order chi connectivity index (χ0) is 42.3. The summed E-state index contributed by atoms with van der Waals surface area (Å²) in [7, 11) is 3.37. The summed E-state index contributed by atoms with van der Waals surface area (Å²) in [5.74, 6) is 0. The van der Waals surface area contributed by atoms with Crippen LogP contribution in [0.5, 0.6) is 0 Å². The molecule has 0 unspecified atom stereocenters. The van der Waals surface area contributed by atoms with Crippen molar-refractivity contribution in [2.75, 3.05) is 27.3 Å². The molecule has 3 N–H and O–H groups in total. The van der Waals surface area contributed by atoms with Gasteiger partial charge in [-0.1, -0.05) is 70.7 Å². The lowest BCUT2D eigenvalue weighted by molar-refractivity contribution is -0.0294. The van der Waals surface area contributed by atoms with Crippen molar-refractivity contribution in [3.05, 3.63) is 92.9 Å². The molecule has 0 aromatic heterocycles. The molecule has 320 valence electrons. The van der Waals surface area contributed by atoms with E-state index >= 15 is 0 Å². The average molecular weight is 907 g/mol. The molecule has 1 amide bonds. The van der Waals surface area contributed by atoms with Crippen LogP contribution in [0.1, 0.15) is 86.3 Å². The number of hydrogen-bond donors (Lipinski definition) is 3. The zero-order valence-electron chi connectivity index (χ0n) is 34.1. The van der Waals surface area contributed by atoms with Gasteiger partial charge in [-0.05, 0) is 118 Å². The molecular weight excluding hydrogens is 846 g/mol. The Morgan fingerprint density at radius 1 is 0.679 bits per heavy atom. The van der Waals surface area contributed by atoms with Crippen molar-refractivity contribution in [2.24, 2.45) is 0 Å². The molecule has 0 aliphatic rings. The predicted molar refractivity (Wildman–Crippen MR) is 237 cm³/mol. The van der Waals surface area contributed by atoms with Crippen molar-refractivity contribution in [2.45, 2.75) is 103 Å². The highest BCUT2D eigenvalue weighted by molar-refractivity contribution is 7.59. The zero-order valence-corrected chi connectivity index (χ0v) is 39.1. The predicted octanol–water partition coefficient (Wildman–Crippen LogP) is 10.7. The standard InChI is InChI=1S/C17H23Cl2NO3.C12H15Cl2NO.C10H18O5.2H2S/c1-6-9-17(11-21,12-7-8-13(18)14(19)10-12)20(5)15(22)23-16(2,3)4;1-3-6-12(8-16,15-2)9-4-5-10(13)11(14)7-9;1-9(2,3)14-7(11)13-8(12)15-10(4,5)6;;/h6-8,10,21H,1,9,11H2,2-5H3;3-5,7,15-16H,1,6,8H2,2H3;1-6H3;2*1H2/t17-;12-;;;/m11.../s1. The van der Waals surface area contributed by atoms with Gasteiger partial charge < -0.3 is 34.5 Å². The van der Waals surface area contributed by atoms with Crippen LogP contribution >= 0.6 is 73.4 Å². The maximum Gasteiger partial charge on any atom is 0.519 e. The molecular formula is C39H60Cl4N2O9S2. The first-order valence-electron chi connectivity index (χ1n) is 16.8. The molecule has 0 radical (unpaired) electrons. The van der Waals surface area contributed by atoms with Crippen LogP contribution in [-0.4, -0.2) is 77.6 Å². The van der Waals surface area contributed by atoms with E-state index in [2.05, 4.69) is 23.2 Å². The molecule has 2 rings (SSSR count). The SMILES string of the molecule is C=CC[C@@](CO)(c1ccc(Cl)c(Cl)c1)N(C)C(=O)OC(C)(C)C.C=CC[C@](CO)(NC)c1ccc(Cl)c(Cl)c1.CC(C)(C)OC(=O)OC(=O)OC(C)(C)C.S.S. The Kier molecular flexibility index (Phi) is 26.1. The molecule has 0 bridgehead atoms. The minimum atomic E-state index is -1.06. The van der Waals surface area contributed by atoms with Crippen LogP contribution in [0.15, 0.2) is 61.7 Å². The second-order valence-electron chi connectivity index (χ2n) is 15.0. The number of amides is 1. The fraction of sp³-hybridized carbons (Fsp3) is 0.513. The number of carbonyl (C=O) groups excluding carboxylic acids is 3. The van der Waals surface area contributed by atoms with E-state index in [9.17, 15) is 24.6 Å². The number of nitrogens with zero attached hydrogens (tertiary/aromatic N) is 1. The van der Waals surface area contributed by atoms with Gasteiger partial charge in [0.1, 0.15) is 16.8 Å². The van der Waals surface area contributed by atoms with Crippen LogP contribution in [0, 0.1) is 0 Å². The Labute approximate surface area is 366 Å². The van der Waals surface area contributed by atoms with Crippen molar-refractivity contribution in [1.29, 1.82) is 0 Å². The highest BCUT2D eigenvalue weighted by atomic mass is 35.5. The fourth-order valence-electron chi connectivity index (χ4n) is 4.49. The average Bonchev–Trinajstić information content (AvgIpc) is 3.03. The van der Waals surface area contributed by atoms with Crippen LogP contribution in [0.3, 0.4) is 0 Å². The summed E-state index contributed by atoms with van der Waals surface area (Å²) >= 11 is 23.9. The Morgan fingerprint density at radius 2 is 1.07 bits per heavy atom. The molecule has 11 nitrogen and oxygen atoms in total. The number of halogens is 4. The normalized spacial score (nSPS) is 13.1. The molecule has 0 aliphatic heterocycles. The van der Waals surface area contributed by atoms with E-state index in [1.807, 2.05) is 6.07 Å². The maximum absolute atomic E-state index is 12.5. The van der Waals surface area contributed by atoms with Crippen LogP contribution in [0.25, 0.3) is 0 Å². The summed E-state index contributed by atoms with van der Waals surface area (Å²) in [5.41, 5.74) is -2.06. The second kappa shape index (κ2) is 25.2. The molecule has 0 aliphatic carbocycles. The molecule has 56 heavy (non-hydrogen) atoms. The van der Waals surface area contributed by atoms with E-state index < -0.39 is 46.3 Å². The van der Waals surface area contributed by atoms with Crippen LogP contribution in [0.2, 0.25) is 20.1 Å². The Hall–Kier alpha value is -2.33. The summed E-state index contributed by atoms with van der Waals surface area (Å²) in [6.07, 6.45) is 1.68. The molecule has 0 fully saturated rings. The number of benzene rings is 2. The maximum atomic E-state index is 12.5. The molecule has 0 spiro atoms. The quantitative estimate of drug-likeness (QED) is 0.0912. The van der Waals surface area contributed by atoms with Crippen LogP contribution < -0.4 is 5.32 Å². The summed E-state index contributed by atoms with van der Waals surface area (Å²) in [5, 5.41) is 24.4. The van der Waals surface area contributed by atoms with Gasteiger partial charge in [0.25, 0.3) is 0 Å². The molecule has 0 heterocycles. The molecule has 2 aromatic carbocycles. The van der Waals surface area contributed by atoms with Gasteiger partial charge in [0.2, 0.25) is 0 Å². The number of ether oxygens (including phenoxy) is 4. The van der Waals surface area contributed by atoms with Gasteiger partial charge >= 0.3 is 18.4 Å². The molecule has 2 atom stereocenters. The third kappa shape index (κ3) is 19.9. The third-order valence-electron chi connectivity index (χ3n) is 7.17. The smallest absolute Gasteiger partial charge is 0.444 e. The van der Waals surface area contributed by atoms with E-state index in [-0.39, 0.29) is 40.2 Å². The Bertz CT molecular complexity index is 1550. The van der Waals surface area contributed by atoms with Gasteiger partial charge in [0.15, 0.2) is 0 Å². The first kappa shape index (κ1) is 58.0. The summed E-state index contributed by atoms with van der Waals surface area (Å²) in [6, 6.07) is 10.4. The molecule has 0 saturated carbocycles. The van der Waals surface area contributed by atoms with E-state index in [0.29, 0.717) is 38.5 Å². The summed E-state index contributed by atoms with van der Waals surface area (Å²) in [6.45, 7) is 22.4. The van der Waals surface area contributed by atoms with Crippen molar-refractivity contribution in [1.82, 2.24) is 10.2 Å². The lowest BCUT2D eigenvalue weighted by Crippen LogP contribution is -2.51. The number of hydrogen-bond acceptors (Lipinski definition) is 10. The first-order chi connectivity index (χ1) is 24.7.